The van der Waals surface area contributed by atoms with Gasteiger partial charge in [-0.15, -0.1) is 0 Å². The number of unbranched alkanes of at least 4 members (excludes halogenated alkanes) is 34. The van der Waals surface area contributed by atoms with Gasteiger partial charge in [0, 0.05) is 12.8 Å². The van der Waals surface area contributed by atoms with Crippen LogP contribution in [0.15, 0.2) is 24.3 Å². The van der Waals surface area contributed by atoms with Crippen molar-refractivity contribution in [2.24, 2.45) is 0 Å². The lowest BCUT2D eigenvalue weighted by Gasteiger charge is -2.18. The number of carbonyl (C=O) groups excluding carboxylic acids is 2. The van der Waals surface area contributed by atoms with Crippen LogP contribution in [0, 0.1) is 0 Å². The third-order valence-corrected chi connectivity index (χ3v) is 12.0. The van der Waals surface area contributed by atoms with Crippen molar-refractivity contribution in [3.63, 3.8) is 0 Å². The van der Waals surface area contributed by atoms with Crippen LogP contribution in [0.4, 0.5) is 0 Å². The second kappa shape index (κ2) is 47.0. The minimum atomic E-state index is -4.76. The molecule has 1 atom stereocenters. The largest absolute Gasteiger partial charge is 0.469 e. The molecule has 8 nitrogen and oxygen atoms in total. The van der Waals surface area contributed by atoms with Crippen molar-refractivity contribution in [2.75, 3.05) is 13.2 Å². The third-order valence-electron chi connectivity index (χ3n) is 11.5. The van der Waals surface area contributed by atoms with Crippen molar-refractivity contribution in [1.29, 1.82) is 0 Å². The van der Waals surface area contributed by atoms with Gasteiger partial charge in [-0.05, 0) is 44.9 Å². The highest BCUT2D eigenvalue weighted by atomic mass is 31.2. The number of ether oxygens (including phenoxy) is 2. The number of phosphoric acid groups is 1. The topological polar surface area (TPSA) is 119 Å². The maximum atomic E-state index is 12.5. The van der Waals surface area contributed by atoms with Crippen LogP contribution >= 0.6 is 7.82 Å². The van der Waals surface area contributed by atoms with Gasteiger partial charge in [-0.3, -0.25) is 14.1 Å². The molecule has 0 aliphatic carbocycles. The lowest BCUT2D eigenvalue weighted by molar-refractivity contribution is -0.161. The fourth-order valence-corrected chi connectivity index (χ4v) is 8.00. The third kappa shape index (κ3) is 49.2. The Morgan fingerprint density at radius 2 is 0.750 bits per heavy atom. The van der Waals surface area contributed by atoms with Gasteiger partial charge in [0.05, 0.1) is 6.61 Å². The molecule has 9 heteroatoms. The molecule has 60 heavy (non-hydrogen) atoms. The first-order valence-corrected chi connectivity index (χ1v) is 27.2. The Kier molecular flexibility index (Phi) is 45.9. The Balaban J connectivity index is 3.77. The molecule has 1 unspecified atom stereocenters. The highest BCUT2D eigenvalue weighted by molar-refractivity contribution is 7.46. The van der Waals surface area contributed by atoms with Gasteiger partial charge >= 0.3 is 19.8 Å². The first-order valence-electron chi connectivity index (χ1n) is 25.6. The van der Waals surface area contributed by atoms with Crippen LogP contribution in [-0.2, 0) is 28.2 Å². The van der Waals surface area contributed by atoms with E-state index in [-0.39, 0.29) is 19.4 Å². The molecule has 0 spiro atoms. The predicted octanol–water partition coefficient (Wildman–Crippen LogP) is 16.3. The fraction of sp³-hybridized carbons (Fsp3) is 0.882. The van der Waals surface area contributed by atoms with E-state index in [4.69, 9.17) is 19.3 Å². The number of hydrogen-bond acceptors (Lipinski definition) is 6. The molecular weight excluding hydrogens is 772 g/mol. The highest BCUT2D eigenvalue weighted by Gasteiger charge is 2.23. The molecular formula is C51H97O8P. The molecule has 0 saturated heterocycles. The normalized spacial score (nSPS) is 12.5. The Morgan fingerprint density at radius 1 is 0.433 bits per heavy atom. The van der Waals surface area contributed by atoms with E-state index in [0.29, 0.717) is 6.42 Å². The van der Waals surface area contributed by atoms with Gasteiger partial charge < -0.3 is 19.3 Å². The summed E-state index contributed by atoms with van der Waals surface area (Å²) in [6, 6.07) is 0. The number of esters is 2. The van der Waals surface area contributed by atoms with Gasteiger partial charge in [0.1, 0.15) is 6.61 Å². The zero-order valence-corrected chi connectivity index (χ0v) is 40.3. The van der Waals surface area contributed by atoms with Gasteiger partial charge in [0.15, 0.2) is 6.10 Å². The number of carbonyl (C=O) groups is 2. The van der Waals surface area contributed by atoms with Crippen LogP contribution in [0.2, 0.25) is 0 Å². The van der Waals surface area contributed by atoms with E-state index >= 15 is 0 Å². The number of hydrogen-bond donors (Lipinski definition) is 2. The van der Waals surface area contributed by atoms with Crippen LogP contribution in [0.5, 0.6) is 0 Å². The maximum absolute atomic E-state index is 12.5. The molecule has 0 aliphatic rings. The van der Waals surface area contributed by atoms with E-state index in [9.17, 15) is 14.2 Å². The van der Waals surface area contributed by atoms with Crippen LogP contribution in [0.1, 0.15) is 271 Å². The average molecular weight is 869 g/mol. The van der Waals surface area contributed by atoms with E-state index in [1.807, 2.05) is 0 Å². The Morgan fingerprint density at radius 3 is 1.12 bits per heavy atom. The molecule has 0 aliphatic heterocycles. The second-order valence-electron chi connectivity index (χ2n) is 17.5. The lowest BCUT2D eigenvalue weighted by Crippen LogP contribution is -2.29. The number of rotatable bonds is 48. The van der Waals surface area contributed by atoms with E-state index in [2.05, 4.69) is 42.7 Å². The van der Waals surface area contributed by atoms with Gasteiger partial charge in [0.25, 0.3) is 0 Å². The summed E-state index contributed by atoms with van der Waals surface area (Å²) in [4.78, 5) is 43.1. The monoisotopic (exact) mass is 869 g/mol. The minimum Gasteiger partial charge on any atom is -0.462 e. The molecule has 0 aromatic carbocycles. The van der Waals surface area contributed by atoms with Crippen LogP contribution in [0.3, 0.4) is 0 Å². The first-order chi connectivity index (χ1) is 29.3. The van der Waals surface area contributed by atoms with Crippen LogP contribution in [0.25, 0.3) is 0 Å². The molecule has 2 N–H and O–H groups in total. The van der Waals surface area contributed by atoms with Crippen molar-refractivity contribution >= 4 is 19.8 Å². The van der Waals surface area contributed by atoms with Gasteiger partial charge in [-0.2, -0.15) is 0 Å². The summed E-state index contributed by atoms with van der Waals surface area (Å²) in [5.74, 6) is -0.879. The van der Waals surface area contributed by atoms with Crippen molar-refractivity contribution in [1.82, 2.24) is 0 Å². The summed E-state index contributed by atoms with van der Waals surface area (Å²) in [5, 5.41) is 0. The van der Waals surface area contributed by atoms with Gasteiger partial charge in [-0.25, -0.2) is 4.57 Å². The summed E-state index contributed by atoms with van der Waals surface area (Å²) >= 11 is 0. The van der Waals surface area contributed by atoms with Crippen LogP contribution in [-0.4, -0.2) is 41.0 Å². The zero-order chi connectivity index (χ0) is 43.9. The Hall–Kier alpha value is -1.47. The molecule has 0 rings (SSSR count). The summed E-state index contributed by atoms with van der Waals surface area (Å²) in [7, 11) is -4.76. The number of phosphoric ester groups is 1. The molecule has 0 heterocycles. The smallest absolute Gasteiger partial charge is 0.462 e. The molecule has 354 valence electrons. The zero-order valence-electron chi connectivity index (χ0n) is 39.4. The van der Waals surface area contributed by atoms with Crippen molar-refractivity contribution < 1.29 is 37.9 Å². The molecule has 0 radical (unpaired) electrons. The van der Waals surface area contributed by atoms with E-state index in [1.165, 1.54) is 186 Å². The highest BCUT2D eigenvalue weighted by Crippen LogP contribution is 2.36. The Bertz CT molecular complexity index is 1020. The molecule has 0 aromatic rings. The molecule has 0 bridgehead atoms. The van der Waals surface area contributed by atoms with Crippen LogP contribution < -0.4 is 0 Å². The molecule has 0 amide bonds. The number of allylic oxidation sites excluding steroid dienone is 4. The van der Waals surface area contributed by atoms with E-state index in [1.54, 1.807) is 0 Å². The Labute approximate surface area is 370 Å². The summed E-state index contributed by atoms with van der Waals surface area (Å²) in [6.07, 6.45) is 56.3. The quantitative estimate of drug-likeness (QED) is 0.0269. The van der Waals surface area contributed by atoms with Crippen molar-refractivity contribution in [3.8, 4) is 0 Å². The minimum absolute atomic E-state index is 0.206. The predicted molar refractivity (Wildman–Crippen MR) is 253 cm³/mol. The van der Waals surface area contributed by atoms with E-state index in [0.717, 1.165) is 51.4 Å². The average Bonchev–Trinajstić information content (AvgIpc) is 3.22. The summed E-state index contributed by atoms with van der Waals surface area (Å²) < 4.78 is 26.5. The fourth-order valence-electron chi connectivity index (χ4n) is 7.64. The SMILES string of the molecule is CCCCCC/C=C\C/C=C\CCCCCCCCCC(=O)OC(COC(=O)CCCCCCCCCCCCCCCCCCCCCCCCCC)COP(=O)(O)O. The molecule has 0 aromatic heterocycles. The standard InChI is InChI=1S/C51H97O8P/c1-3-5-7-9-11-13-15-17-19-21-23-24-25-26-27-28-30-31-33-35-37-39-41-43-45-50(52)57-47-49(48-58-60(54,55)56)59-51(53)46-44-42-40-38-36-34-32-29-22-20-18-16-14-12-10-8-6-4-2/h14,16,20,22,49H,3-13,15,17-19,21,23-48H2,1-2H3,(H2,54,55,56)/b16-14-,22-20-. The molecule has 0 fully saturated rings. The first kappa shape index (κ1) is 58.5. The second-order valence-corrected chi connectivity index (χ2v) is 18.7. The van der Waals surface area contributed by atoms with E-state index < -0.39 is 32.5 Å². The maximum Gasteiger partial charge on any atom is 0.469 e. The van der Waals surface area contributed by atoms with Crippen molar-refractivity contribution in [3.05, 3.63) is 24.3 Å². The van der Waals surface area contributed by atoms with Gasteiger partial charge in [-0.1, -0.05) is 237 Å². The lowest BCUT2D eigenvalue weighted by atomic mass is 10.0. The summed E-state index contributed by atoms with van der Waals surface area (Å²) in [5.41, 5.74) is 0. The van der Waals surface area contributed by atoms with Gasteiger partial charge in [0.2, 0.25) is 0 Å². The summed E-state index contributed by atoms with van der Waals surface area (Å²) in [6.45, 7) is 3.71. The van der Waals surface area contributed by atoms with Crippen molar-refractivity contribution in [2.45, 2.75) is 277 Å². The molecule has 0 saturated carbocycles.